The molecule has 1 aliphatic rings. The summed E-state index contributed by atoms with van der Waals surface area (Å²) in [4.78, 5) is 3.56. The third-order valence-corrected chi connectivity index (χ3v) is 4.54. The maximum atomic E-state index is 13.7. The number of piperazine rings is 1. The van der Waals surface area contributed by atoms with Gasteiger partial charge in [0.15, 0.2) is 11.6 Å². The van der Waals surface area contributed by atoms with Gasteiger partial charge in [0, 0.05) is 31.1 Å². The molecule has 0 radical (unpaired) electrons. The van der Waals surface area contributed by atoms with E-state index >= 15 is 0 Å². The highest BCUT2D eigenvalue weighted by Crippen LogP contribution is 2.33. The van der Waals surface area contributed by atoms with E-state index in [0.717, 1.165) is 31.7 Å². The fraction of sp³-hybridized carbons (Fsp3) is 0.333. The highest BCUT2D eigenvalue weighted by Gasteiger charge is 2.25. The smallest absolute Gasteiger partial charge is 0.165 e. The van der Waals surface area contributed by atoms with Gasteiger partial charge < -0.3 is 10.4 Å². The van der Waals surface area contributed by atoms with Crippen LogP contribution in [0, 0.1) is 5.82 Å². The normalized spacial score (nSPS) is 16.4. The van der Waals surface area contributed by atoms with Gasteiger partial charge in [-0.05, 0) is 29.1 Å². The number of halogens is 3. The van der Waals surface area contributed by atoms with E-state index in [1.165, 1.54) is 17.0 Å². The average Bonchev–Trinajstić information content (AvgIpc) is 2.98. The number of hydrogen-bond acceptors (Lipinski definition) is 4. The standard InChI is InChI=1S/C15H17FN2OS.2ClH/c16-12-10-11(3-4-13(12)19)15(14-2-1-9-20-14)18-7-5-17-6-8-18;;/h1-4,9-10,15,17,19H,5-8H2;2*1H/t15-;;/m0../s1. The number of nitrogens with one attached hydrogen (secondary N) is 1. The molecule has 3 nitrogen and oxygen atoms in total. The lowest BCUT2D eigenvalue weighted by molar-refractivity contribution is 0.200. The molecule has 1 aromatic heterocycles. The zero-order valence-corrected chi connectivity index (χ0v) is 14.3. The molecule has 1 aromatic carbocycles. The monoisotopic (exact) mass is 364 g/mol. The summed E-state index contributed by atoms with van der Waals surface area (Å²) in [5.74, 6) is -0.849. The lowest BCUT2D eigenvalue weighted by atomic mass is 10.0. The van der Waals surface area contributed by atoms with Crippen LogP contribution in [-0.2, 0) is 0 Å². The Kier molecular flexibility index (Phi) is 7.59. The number of phenolic OH excluding ortho intramolecular Hbond substituents is 1. The Bertz CT molecular complexity index is 577. The quantitative estimate of drug-likeness (QED) is 0.875. The predicted octanol–water partition coefficient (Wildman–Crippen LogP) is 3.43. The second-order valence-electron chi connectivity index (χ2n) is 4.91. The summed E-state index contributed by atoms with van der Waals surface area (Å²) in [7, 11) is 0. The van der Waals surface area contributed by atoms with Crippen LogP contribution in [0.3, 0.4) is 0 Å². The fourth-order valence-electron chi connectivity index (χ4n) is 2.64. The Labute approximate surface area is 146 Å². The molecule has 7 heteroatoms. The van der Waals surface area contributed by atoms with E-state index in [0.29, 0.717) is 0 Å². The second kappa shape index (κ2) is 8.70. The van der Waals surface area contributed by atoms with Crippen LogP contribution in [0.2, 0.25) is 0 Å². The van der Waals surface area contributed by atoms with Gasteiger partial charge in [-0.25, -0.2) is 4.39 Å². The van der Waals surface area contributed by atoms with E-state index < -0.39 is 5.82 Å². The fourth-order valence-corrected chi connectivity index (χ4v) is 3.52. The number of nitrogens with zero attached hydrogens (tertiary/aromatic N) is 1. The molecular formula is C15H19Cl2FN2OS. The zero-order valence-electron chi connectivity index (χ0n) is 11.9. The zero-order chi connectivity index (χ0) is 13.9. The second-order valence-corrected chi connectivity index (χ2v) is 5.89. The lowest BCUT2D eigenvalue weighted by Crippen LogP contribution is -2.45. The lowest BCUT2D eigenvalue weighted by Gasteiger charge is -2.34. The number of benzene rings is 1. The molecule has 0 spiro atoms. The van der Waals surface area contributed by atoms with Gasteiger partial charge in [0.05, 0.1) is 6.04 Å². The van der Waals surface area contributed by atoms with Crippen molar-refractivity contribution in [2.24, 2.45) is 0 Å². The first-order valence-electron chi connectivity index (χ1n) is 6.72. The Morgan fingerprint density at radius 3 is 2.50 bits per heavy atom. The molecule has 1 fully saturated rings. The van der Waals surface area contributed by atoms with E-state index in [-0.39, 0.29) is 36.6 Å². The first-order chi connectivity index (χ1) is 9.75. The van der Waals surface area contributed by atoms with Crippen molar-refractivity contribution in [3.05, 3.63) is 52.0 Å². The Morgan fingerprint density at radius 1 is 1.18 bits per heavy atom. The Hall–Kier alpha value is -0.850. The van der Waals surface area contributed by atoms with E-state index in [9.17, 15) is 9.50 Å². The summed E-state index contributed by atoms with van der Waals surface area (Å²) >= 11 is 1.68. The molecule has 1 aliphatic heterocycles. The third kappa shape index (κ3) is 4.12. The summed E-state index contributed by atoms with van der Waals surface area (Å²) in [6, 6.07) is 8.86. The molecule has 3 rings (SSSR count). The molecule has 22 heavy (non-hydrogen) atoms. The van der Waals surface area contributed by atoms with Crippen molar-refractivity contribution in [2.45, 2.75) is 6.04 Å². The van der Waals surface area contributed by atoms with Crippen LogP contribution in [0.1, 0.15) is 16.5 Å². The minimum absolute atomic E-state index is 0. The van der Waals surface area contributed by atoms with E-state index in [4.69, 9.17) is 0 Å². The first-order valence-corrected chi connectivity index (χ1v) is 7.60. The number of rotatable bonds is 3. The van der Waals surface area contributed by atoms with Crippen molar-refractivity contribution >= 4 is 36.2 Å². The summed E-state index contributed by atoms with van der Waals surface area (Å²) in [6.07, 6.45) is 0. The largest absolute Gasteiger partial charge is 0.505 e. The Morgan fingerprint density at radius 2 is 1.91 bits per heavy atom. The summed E-state index contributed by atoms with van der Waals surface area (Å²) in [6.45, 7) is 3.76. The van der Waals surface area contributed by atoms with Crippen molar-refractivity contribution < 1.29 is 9.50 Å². The molecule has 2 aromatic rings. The van der Waals surface area contributed by atoms with Crippen LogP contribution in [-0.4, -0.2) is 36.2 Å². The van der Waals surface area contributed by atoms with Gasteiger partial charge in [0.2, 0.25) is 0 Å². The topological polar surface area (TPSA) is 35.5 Å². The molecule has 1 saturated heterocycles. The van der Waals surface area contributed by atoms with Crippen LogP contribution < -0.4 is 5.32 Å². The number of phenols is 1. The van der Waals surface area contributed by atoms with E-state index in [2.05, 4.69) is 16.3 Å². The molecule has 0 saturated carbocycles. The first kappa shape index (κ1) is 19.2. The third-order valence-electron chi connectivity index (χ3n) is 3.62. The van der Waals surface area contributed by atoms with Gasteiger partial charge in [-0.1, -0.05) is 12.1 Å². The van der Waals surface area contributed by atoms with Crippen LogP contribution >= 0.6 is 36.2 Å². The maximum Gasteiger partial charge on any atom is 0.165 e. The SMILES string of the molecule is Cl.Cl.Oc1ccc([C@@H](c2cccs2)N2CCNCC2)cc1F. The van der Waals surface area contributed by atoms with Gasteiger partial charge >= 0.3 is 0 Å². The minimum atomic E-state index is -0.556. The van der Waals surface area contributed by atoms with E-state index in [1.54, 1.807) is 11.3 Å². The molecule has 0 amide bonds. The van der Waals surface area contributed by atoms with Gasteiger partial charge in [-0.3, -0.25) is 4.90 Å². The molecule has 0 bridgehead atoms. The number of thiophene rings is 1. The Balaban J connectivity index is 0.00000121. The molecule has 0 unspecified atom stereocenters. The van der Waals surface area contributed by atoms with Crippen molar-refractivity contribution in [1.29, 1.82) is 0 Å². The highest BCUT2D eigenvalue weighted by molar-refractivity contribution is 7.10. The van der Waals surface area contributed by atoms with Crippen LogP contribution in [0.4, 0.5) is 4.39 Å². The molecule has 1 atom stereocenters. The molecule has 2 N–H and O–H groups in total. The predicted molar refractivity (Wildman–Crippen MR) is 93.2 cm³/mol. The van der Waals surface area contributed by atoms with Gasteiger partial charge in [0.1, 0.15) is 0 Å². The number of aromatic hydroxyl groups is 1. The highest BCUT2D eigenvalue weighted by atomic mass is 35.5. The van der Waals surface area contributed by atoms with Gasteiger partial charge in [-0.15, -0.1) is 36.2 Å². The van der Waals surface area contributed by atoms with Crippen molar-refractivity contribution in [1.82, 2.24) is 10.2 Å². The van der Waals surface area contributed by atoms with E-state index in [1.807, 2.05) is 17.5 Å². The molecule has 122 valence electrons. The van der Waals surface area contributed by atoms with Crippen molar-refractivity contribution in [3.63, 3.8) is 0 Å². The molecule has 2 heterocycles. The molecular weight excluding hydrogens is 346 g/mol. The van der Waals surface area contributed by atoms with Crippen LogP contribution in [0.15, 0.2) is 35.7 Å². The van der Waals surface area contributed by atoms with Crippen LogP contribution in [0.25, 0.3) is 0 Å². The average molecular weight is 365 g/mol. The maximum absolute atomic E-state index is 13.7. The van der Waals surface area contributed by atoms with Crippen molar-refractivity contribution in [3.8, 4) is 5.75 Å². The summed E-state index contributed by atoms with van der Waals surface area (Å²) < 4.78 is 13.7. The summed E-state index contributed by atoms with van der Waals surface area (Å²) in [5.41, 5.74) is 0.893. The summed E-state index contributed by atoms with van der Waals surface area (Å²) in [5, 5.41) is 14.7. The van der Waals surface area contributed by atoms with Gasteiger partial charge in [-0.2, -0.15) is 0 Å². The number of hydrogen-bond donors (Lipinski definition) is 2. The molecule has 0 aliphatic carbocycles. The minimum Gasteiger partial charge on any atom is -0.505 e. The van der Waals surface area contributed by atoms with Crippen LogP contribution in [0.5, 0.6) is 5.75 Å². The van der Waals surface area contributed by atoms with Crippen molar-refractivity contribution in [2.75, 3.05) is 26.2 Å². The van der Waals surface area contributed by atoms with Gasteiger partial charge in [0.25, 0.3) is 0 Å².